The number of primary amides is 1. The lowest BCUT2D eigenvalue weighted by Gasteiger charge is -2.14. The molecule has 1 amide bonds. The van der Waals surface area contributed by atoms with Crippen LogP contribution >= 0.6 is 0 Å². The fourth-order valence-corrected chi connectivity index (χ4v) is 2.06. The number of rotatable bonds is 4. The van der Waals surface area contributed by atoms with Crippen LogP contribution in [0.2, 0.25) is 0 Å². The first-order chi connectivity index (χ1) is 9.52. The van der Waals surface area contributed by atoms with Crippen LogP contribution in [0, 0.1) is 0 Å². The summed E-state index contributed by atoms with van der Waals surface area (Å²) in [6, 6.07) is 14.0. The van der Waals surface area contributed by atoms with Gasteiger partial charge in [0.15, 0.2) is 5.78 Å². The predicted octanol–water partition coefficient (Wildman–Crippen LogP) is 2.09. The second-order valence-electron chi connectivity index (χ2n) is 4.63. The number of amides is 1. The fraction of sp³-hybridized carbons (Fsp3) is 0.125. The molecule has 0 heterocycles. The van der Waals surface area contributed by atoms with Crippen LogP contribution in [-0.4, -0.2) is 11.7 Å². The van der Waals surface area contributed by atoms with Crippen molar-refractivity contribution in [3.05, 3.63) is 65.2 Å². The van der Waals surface area contributed by atoms with E-state index < -0.39 is 11.8 Å². The number of nitrogen functional groups attached to an aromatic ring is 1. The van der Waals surface area contributed by atoms with Crippen molar-refractivity contribution in [2.75, 3.05) is 5.73 Å². The lowest BCUT2D eigenvalue weighted by Crippen LogP contribution is -2.20. The number of anilines is 1. The molecule has 0 bridgehead atoms. The Balaban J connectivity index is 2.46. The molecule has 0 aliphatic rings. The maximum absolute atomic E-state index is 12.4. The summed E-state index contributed by atoms with van der Waals surface area (Å²) in [7, 11) is 0. The first-order valence-corrected chi connectivity index (χ1v) is 6.29. The van der Waals surface area contributed by atoms with Crippen molar-refractivity contribution in [3.63, 3.8) is 0 Å². The van der Waals surface area contributed by atoms with Gasteiger partial charge in [0.1, 0.15) is 0 Å². The molecule has 0 radical (unpaired) electrons. The lowest BCUT2D eigenvalue weighted by molar-refractivity contribution is -0.119. The summed E-state index contributed by atoms with van der Waals surface area (Å²) in [5.41, 5.74) is 13.2. The number of carbonyl (C=O) groups excluding carboxylic acids is 2. The van der Waals surface area contributed by atoms with E-state index >= 15 is 0 Å². The van der Waals surface area contributed by atoms with Gasteiger partial charge in [-0.3, -0.25) is 9.59 Å². The number of carbonyl (C=O) groups is 2. The Morgan fingerprint density at radius 1 is 1.00 bits per heavy atom. The minimum Gasteiger partial charge on any atom is -0.398 e. The van der Waals surface area contributed by atoms with E-state index in [0.29, 0.717) is 22.4 Å². The molecule has 0 fully saturated rings. The van der Waals surface area contributed by atoms with Crippen LogP contribution < -0.4 is 11.5 Å². The van der Waals surface area contributed by atoms with Crippen molar-refractivity contribution in [1.29, 1.82) is 0 Å². The van der Waals surface area contributed by atoms with Crippen molar-refractivity contribution in [3.8, 4) is 0 Å². The highest BCUT2D eigenvalue weighted by molar-refractivity contribution is 6.12. The summed E-state index contributed by atoms with van der Waals surface area (Å²) in [4.78, 5) is 23.7. The third-order valence-corrected chi connectivity index (χ3v) is 3.31. The molecule has 0 saturated carbocycles. The summed E-state index contributed by atoms with van der Waals surface area (Å²) in [5, 5.41) is 0. The van der Waals surface area contributed by atoms with Crippen LogP contribution in [0.1, 0.15) is 34.3 Å². The van der Waals surface area contributed by atoms with Crippen molar-refractivity contribution >= 4 is 17.4 Å². The van der Waals surface area contributed by atoms with Crippen molar-refractivity contribution in [2.45, 2.75) is 12.8 Å². The second-order valence-corrected chi connectivity index (χ2v) is 4.63. The lowest BCUT2D eigenvalue weighted by atomic mass is 9.93. The number of para-hydroxylation sites is 1. The van der Waals surface area contributed by atoms with E-state index in [1.165, 1.54) is 0 Å². The molecule has 0 saturated heterocycles. The van der Waals surface area contributed by atoms with Gasteiger partial charge in [-0.15, -0.1) is 0 Å². The number of hydrogen-bond donors (Lipinski definition) is 2. The van der Waals surface area contributed by atoms with Crippen molar-refractivity contribution in [1.82, 2.24) is 0 Å². The van der Waals surface area contributed by atoms with Gasteiger partial charge in [-0.1, -0.05) is 42.5 Å². The molecule has 4 heteroatoms. The third-order valence-electron chi connectivity index (χ3n) is 3.31. The van der Waals surface area contributed by atoms with Crippen LogP contribution in [0.25, 0.3) is 0 Å². The first-order valence-electron chi connectivity index (χ1n) is 6.29. The van der Waals surface area contributed by atoms with E-state index in [9.17, 15) is 9.59 Å². The van der Waals surface area contributed by atoms with Gasteiger partial charge in [0.25, 0.3) is 0 Å². The van der Waals surface area contributed by atoms with Gasteiger partial charge in [0, 0.05) is 16.8 Å². The summed E-state index contributed by atoms with van der Waals surface area (Å²) < 4.78 is 0. The molecule has 4 N–H and O–H groups in total. The fourth-order valence-electron chi connectivity index (χ4n) is 2.06. The number of ketones is 1. The van der Waals surface area contributed by atoms with Crippen LogP contribution in [0.15, 0.2) is 48.5 Å². The van der Waals surface area contributed by atoms with Crippen LogP contribution in [-0.2, 0) is 4.79 Å². The molecule has 1 atom stereocenters. The first kappa shape index (κ1) is 13.8. The van der Waals surface area contributed by atoms with Crippen molar-refractivity contribution in [2.24, 2.45) is 5.73 Å². The van der Waals surface area contributed by atoms with E-state index in [1.807, 2.05) is 6.07 Å². The SMILES string of the molecule is CC(C(N)=O)c1cccc(C(=O)c2ccccc2)c1N. The maximum Gasteiger partial charge on any atom is 0.224 e. The van der Waals surface area contributed by atoms with Crippen molar-refractivity contribution < 1.29 is 9.59 Å². The Morgan fingerprint density at radius 3 is 2.25 bits per heavy atom. The average molecular weight is 268 g/mol. The van der Waals surface area contributed by atoms with Gasteiger partial charge in [0.2, 0.25) is 5.91 Å². The Morgan fingerprint density at radius 2 is 1.65 bits per heavy atom. The van der Waals surface area contributed by atoms with Gasteiger partial charge in [-0.2, -0.15) is 0 Å². The molecule has 102 valence electrons. The predicted molar refractivity (Wildman–Crippen MR) is 78.3 cm³/mol. The topological polar surface area (TPSA) is 86.2 Å². The Kier molecular flexibility index (Phi) is 3.84. The van der Waals surface area contributed by atoms with E-state index in [4.69, 9.17) is 11.5 Å². The second kappa shape index (κ2) is 5.57. The molecule has 0 aromatic heterocycles. The largest absolute Gasteiger partial charge is 0.398 e. The highest BCUT2D eigenvalue weighted by Crippen LogP contribution is 2.26. The number of hydrogen-bond acceptors (Lipinski definition) is 3. The zero-order valence-electron chi connectivity index (χ0n) is 11.2. The van der Waals surface area contributed by atoms with E-state index in [-0.39, 0.29) is 5.78 Å². The summed E-state index contributed by atoms with van der Waals surface area (Å²) in [5.74, 6) is -1.17. The highest BCUT2D eigenvalue weighted by atomic mass is 16.1. The molecule has 1 unspecified atom stereocenters. The van der Waals surface area contributed by atoms with Gasteiger partial charge in [-0.25, -0.2) is 0 Å². The minimum atomic E-state index is -0.529. The van der Waals surface area contributed by atoms with Crippen LogP contribution in [0.4, 0.5) is 5.69 Å². The standard InChI is InChI=1S/C16H16N2O2/c1-10(16(18)20)12-8-5-9-13(14(12)17)15(19)11-6-3-2-4-7-11/h2-10H,17H2,1H3,(H2,18,20). The third kappa shape index (κ3) is 2.54. The van der Waals surface area contributed by atoms with Crippen LogP contribution in [0.3, 0.4) is 0 Å². The summed E-state index contributed by atoms with van der Waals surface area (Å²) in [6.07, 6.45) is 0. The van der Waals surface area contributed by atoms with Gasteiger partial charge in [-0.05, 0) is 18.6 Å². The molecular formula is C16H16N2O2. The molecule has 4 nitrogen and oxygen atoms in total. The number of benzene rings is 2. The Hall–Kier alpha value is -2.62. The Bertz CT molecular complexity index is 651. The molecule has 2 aromatic carbocycles. The molecule has 0 aliphatic heterocycles. The molecule has 20 heavy (non-hydrogen) atoms. The number of nitrogens with two attached hydrogens (primary N) is 2. The molecule has 2 aromatic rings. The van der Waals surface area contributed by atoms with Gasteiger partial charge >= 0.3 is 0 Å². The molecule has 0 spiro atoms. The molecule has 0 aliphatic carbocycles. The summed E-state index contributed by atoms with van der Waals surface area (Å²) >= 11 is 0. The average Bonchev–Trinajstić information content (AvgIpc) is 2.47. The van der Waals surface area contributed by atoms with Gasteiger partial charge < -0.3 is 11.5 Å². The quantitative estimate of drug-likeness (QED) is 0.657. The van der Waals surface area contributed by atoms with Crippen LogP contribution in [0.5, 0.6) is 0 Å². The normalized spacial score (nSPS) is 11.8. The highest BCUT2D eigenvalue weighted by Gasteiger charge is 2.19. The summed E-state index contributed by atoms with van der Waals surface area (Å²) in [6.45, 7) is 1.67. The zero-order chi connectivity index (χ0) is 14.7. The maximum atomic E-state index is 12.4. The molecular weight excluding hydrogens is 252 g/mol. The van der Waals surface area contributed by atoms with E-state index in [1.54, 1.807) is 49.4 Å². The minimum absolute atomic E-state index is 0.165. The van der Waals surface area contributed by atoms with E-state index in [0.717, 1.165) is 0 Å². The van der Waals surface area contributed by atoms with E-state index in [2.05, 4.69) is 0 Å². The monoisotopic (exact) mass is 268 g/mol. The van der Waals surface area contributed by atoms with Gasteiger partial charge in [0.05, 0.1) is 5.92 Å². The zero-order valence-corrected chi connectivity index (χ0v) is 11.2. The Labute approximate surface area is 117 Å². The smallest absolute Gasteiger partial charge is 0.224 e. The molecule has 2 rings (SSSR count).